The number of aliphatic hydroxyl groups excluding tert-OH is 1. The summed E-state index contributed by atoms with van der Waals surface area (Å²) in [4.78, 5) is 10.6. The summed E-state index contributed by atoms with van der Waals surface area (Å²) in [7, 11) is 0. The molecule has 2 aromatic rings. The van der Waals surface area contributed by atoms with E-state index in [-0.39, 0.29) is 26.8 Å². The van der Waals surface area contributed by atoms with Gasteiger partial charge < -0.3 is 10.2 Å². The first-order valence-corrected chi connectivity index (χ1v) is 7.23. The molecule has 0 fully saturated rings. The molecule has 112 valence electrons. The molecular weight excluding hydrogens is 344 g/mol. The monoisotopic (exact) mass is 351 g/mol. The maximum atomic E-state index is 13.5. The van der Waals surface area contributed by atoms with Gasteiger partial charge in [-0.15, -0.1) is 10.2 Å². The van der Waals surface area contributed by atoms with Crippen LogP contribution in [0.5, 0.6) is 0 Å². The first-order valence-electron chi connectivity index (χ1n) is 5.48. The molecule has 0 unspecified atom stereocenters. The Morgan fingerprint density at radius 1 is 1.33 bits per heavy atom. The van der Waals surface area contributed by atoms with Crippen molar-refractivity contribution in [1.82, 2.24) is 14.8 Å². The molecule has 0 aliphatic heterocycles. The third kappa shape index (κ3) is 3.46. The van der Waals surface area contributed by atoms with Gasteiger partial charge in [-0.05, 0) is 12.1 Å². The van der Waals surface area contributed by atoms with E-state index in [1.54, 1.807) is 0 Å². The fraction of sp³-hybridized carbons (Fsp3) is 0.182. The predicted molar refractivity (Wildman–Crippen MR) is 75.6 cm³/mol. The minimum Gasteiger partial charge on any atom is -0.481 e. The van der Waals surface area contributed by atoms with Crippen molar-refractivity contribution in [2.75, 3.05) is 5.75 Å². The van der Waals surface area contributed by atoms with Crippen molar-refractivity contribution >= 4 is 40.9 Å². The van der Waals surface area contributed by atoms with Gasteiger partial charge in [0, 0.05) is 0 Å². The number of nitrogens with zero attached hydrogens (tertiary/aromatic N) is 3. The number of carboxylic acids is 1. The van der Waals surface area contributed by atoms with Crippen LogP contribution in [0.3, 0.4) is 0 Å². The standard InChI is InChI=1S/C11H8Cl2FN3O3S/c12-6-1-5(2-7(13)10(6)14)17-8(3-18)15-16-11(17)21-4-9(19)20/h1-2,18H,3-4H2,(H,19,20). The van der Waals surface area contributed by atoms with Gasteiger partial charge in [-0.25, -0.2) is 4.39 Å². The largest absolute Gasteiger partial charge is 0.481 e. The second-order valence-electron chi connectivity index (χ2n) is 3.80. The van der Waals surface area contributed by atoms with Crippen LogP contribution in [-0.2, 0) is 11.4 Å². The highest BCUT2D eigenvalue weighted by atomic mass is 35.5. The number of halogens is 3. The Labute approximate surface area is 132 Å². The summed E-state index contributed by atoms with van der Waals surface area (Å²) < 4.78 is 14.8. The van der Waals surface area contributed by atoms with Gasteiger partial charge in [-0.1, -0.05) is 35.0 Å². The van der Waals surface area contributed by atoms with Gasteiger partial charge in [0.25, 0.3) is 0 Å². The zero-order chi connectivity index (χ0) is 15.6. The number of carboxylic acid groups (broad SMARTS) is 1. The van der Waals surface area contributed by atoms with E-state index < -0.39 is 18.4 Å². The summed E-state index contributed by atoms with van der Waals surface area (Å²) in [6.07, 6.45) is 0. The zero-order valence-corrected chi connectivity index (χ0v) is 12.6. The molecule has 1 aromatic carbocycles. The Kier molecular flexibility index (Phi) is 5.04. The van der Waals surface area contributed by atoms with E-state index >= 15 is 0 Å². The smallest absolute Gasteiger partial charge is 0.313 e. The van der Waals surface area contributed by atoms with Gasteiger partial charge in [0.2, 0.25) is 0 Å². The third-order valence-electron chi connectivity index (χ3n) is 2.39. The molecular formula is C11H8Cl2FN3O3S. The Bertz CT molecular complexity index is 672. The molecule has 0 aliphatic rings. The molecule has 0 saturated carbocycles. The van der Waals surface area contributed by atoms with Crippen LogP contribution in [0.4, 0.5) is 4.39 Å². The van der Waals surface area contributed by atoms with Crippen molar-refractivity contribution < 1.29 is 19.4 Å². The number of aromatic nitrogens is 3. The number of hydrogen-bond acceptors (Lipinski definition) is 5. The van der Waals surface area contributed by atoms with Crippen molar-refractivity contribution in [1.29, 1.82) is 0 Å². The molecule has 0 spiro atoms. The van der Waals surface area contributed by atoms with Gasteiger partial charge in [0.05, 0.1) is 21.5 Å². The highest BCUT2D eigenvalue weighted by Crippen LogP contribution is 2.29. The van der Waals surface area contributed by atoms with Gasteiger partial charge in [-0.3, -0.25) is 9.36 Å². The van der Waals surface area contributed by atoms with Crippen molar-refractivity contribution in [3.63, 3.8) is 0 Å². The number of aliphatic carboxylic acids is 1. The molecule has 6 nitrogen and oxygen atoms in total. The Morgan fingerprint density at radius 2 is 1.95 bits per heavy atom. The predicted octanol–water partition coefficient (Wildman–Crippen LogP) is 2.38. The summed E-state index contributed by atoms with van der Waals surface area (Å²) >= 11 is 12.4. The van der Waals surface area contributed by atoms with Crippen LogP contribution in [0.2, 0.25) is 10.0 Å². The van der Waals surface area contributed by atoms with Crippen LogP contribution in [0.1, 0.15) is 5.82 Å². The molecule has 21 heavy (non-hydrogen) atoms. The first-order chi connectivity index (χ1) is 9.93. The van der Waals surface area contributed by atoms with Crippen molar-refractivity contribution in [2.45, 2.75) is 11.8 Å². The van der Waals surface area contributed by atoms with Crippen LogP contribution in [0.15, 0.2) is 17.3 Å². The van der Waals surface area contributed by atoms with E-state index in [9.17, 15) is 14.3 Å². The average molecular weight is 352 g/mol. The van der Waals surface area contributed by atoms with Crippen molar-refractivity contribution in [3.8, 4) is 5.69 Å². The van der Waals surface area contributed by atoms with Gasteiger partial charge in [0.1, 0.15) is 6.61 Å². The maximum Gasteiger partial charge on any atom is 0.313 e. The number of aliphatic hydroxyl groups is 1. The number of rotatable bonds is 5. The summed E-state index contributed by atoms with van der Waals surface area (Å²) in [5.41, 5.74) is 0.327. The molecule has 2 N–H and O–H groups in total. The molecule has 1 aromatic heterocycles. The van der Waals surface area contributed by atoms with Crippen LogP contribution in [0.25, 0.3) is 5.69 Å². The maximum absolute atomic E-state index is 13.5. The molecule has 1 heterocycles. The number of carbonyl (C=O) groups is 1. The molecule has 0 aliphatic carbocycles. The molecule has 2 rings (SSSR count). The van der Waals surface area contributed by atoms with Crippen molar-refractivity contribution in [2.24, 2.45) is 0 Å². The molecule has 0 atom stereocenters. The SMILES string of the molecule is O=C(O)CSc1nnc(CO)n1-c1cc(Cl)c(F)c(Cl)c1. The lowest BCUT2D eigenvalue weighted by atomic mass is 10.3. The summed E-state index contributed by atoms with van der Waals surface area (Å²) in [5, 5.41) is 25.3. The van der Waals surface area contributed by atoms with E-state index in [1.807, 2.05) is 0 Å². The number of hydrogen-bond donors (Lipinski definition) is 2. The molecule has 0 amide bonds. The average Bonchev–Trinajstić information content (AvgIpc) is 2.84. The summed E-state index contributed by atoms with van der Waals surface area (Å²) in [5.74, 6) is -1.89. The lowest BCUT2D eigenvalue weighted by Crippen LogP contribution is -2.05. The molecule has 0 saturated heterocycles. The fourth-order valence-corrected chi connectivity index (χ4v) is 2.72. The number of benzene rings is 1. The second kappa shape index (κ2) is 6.61. The minimum absolute atomic E-state index is 0.154. The Balaban J connectivity index is 2.51. The van der Waals surface area contributed by atoms with Gasteiger partial charge in [-0.2, -0.15) is 0 Å². The van der Waals surface area contributed by atoms with E-state index in [4.69, 9.17) is 28.3 Å². The molecule has 0 radical (unpaired) electrons. The fourth-order valence-electron chi connectivity index (χ4n) is 1.55. The van der Waals surface area contributed by atoms with Gasteiger partial charge >= 0.3 is 5.97 Å². The Morgan fingerprint density at radius 3 is 2.48 bits per heavy atom. The molecule has 10 heteroatoms. The quantitative estimate of drug-likeness (QED) is 0.635. The number of thioether (sulfide) groups is 1. The Hall–Kier alpha value is -1.35. The first kappa shape index (κ1) is 16.0. The van der Waals surface area contributed by atoms with Crippen LogP contribution < -0.4 is 0 Å². The van der Waals surface area contributed by atoms with Crippen molar-refractivity contribution in [3.05, 3.63) is 33.8 Å². The molecule has 0 bridgehead atoms. The van der Waals surface area contributed by atoms with Gasteiger partial charge in [0.15, 0.2) is 16.8 Å². The normalized spacial score (nSPS) is 10.9. The van der Waals surface area contributed by atoms with Crippen LogP contribution in [0, 0.1) is 5.82 Å². The van der Waals surface area contributed by atoms with Crippen LogP contribution >= 0.6 is 35.0 Å². The lowest BCUT2D eigenvalue weighted by molar-refractivity contribution is -0.133. The summed E-state index contributed by atoms with van der Waals surface area (Å²) in [6, 6.07) is 2.58. The highest BCUT2D eigenvalue weighted by molar-refractivity contribution is 7.99. The van der Waals surface area contributed by atoms with E-state index in [0.717, 1.165) is 11.8 Å². The lowest BCUT2D eigenvalue weighted by Gasteiger charge is -2.10. The minimum atomic E-state index is -1.03. The zero-order valence-electron chi connectivity index (χ0n) is 10.3. The highest BCUT2D eigenvalue weighted by Gasteiger charge is 2.17. The third-order valence-corrected chi connectivity index (χ3v) is 3.86. The van der Waals surface area contributed by atoms with E-state index in [0.29, 0.717) is 5.69 Å². The topological polar surface area (TPSA) is 88.2 Å². The summed E-state index contributed by atoms with van der Waals surface area (Å²) in [6.45, 7) is -0.437. The van der Waals surface area contributed by atoms with Crippen LogP contribution in [-0.4, -0.2) is 36.7 Å². The van der Waals surface area contributed by atoms with E-state index in [1.165, 1.54) is 16.7 Å². The second-order valence-corrected chi connectivity index (χ2v) is 5.56. The van der Waals surface area contributed by atoms with E-state index in [2.05, 4.69) is 10.2 Å².